The third-order valence-corrected chi connectivity index (χ3v) is 3.95. The summed E-state index contributed by atoms with van der Waals surface area (Å²) in [4.78, 5) is 7.81. The van der Waals surface area contributed by atoms with E-state index in [2.05, 4.69) is 36.1 Å². The quantitative estimate of drug-likeness (QED) is 0.857. The first-order valence-electron chi connectivity index (χ1n) is 7.06. The number of hydrogen-bond acceptors (Lipinski definition) is 3. The van der Waals surface area contributed by atoms with E-state index in [1.54, 1.807) is 0 Å². The average Bonchev–Trinajstić information content (AvgIpc) is 3.23. The van der Waals surface area contributed by atoms with Gasteiger partial charge in [-0.05, 0) is 37.5 Å². The second-order valence-corrected chi connectivity index (χ2v) is 5.99. The standard InChI is InChI=1S/C16H19N3S/c1-11-10-12-4-2-3-5-14(12)18-16(11)19(13-6-7-13)9-8-15(17)20/h2-5,10,13H,6-9H2,1H3,(H2,17,20). The Balaban J connectivity index is 1.97. The molecule has 1 heterocycles. The van der Waals surface area contributed by atoms with Gasteiger partial charge in [0.2, 0.25) is 0 Å². The van der Waals surface area contributed by atoms with Crippen molar-refractivity contribution in [1.82, 2.24) is 4.98 Å². The molecule has 1 aromatic heterocycles. The van der Waals surface area contributed by atoms with Crippen LogP contribution in [-0.2, 0) is 0 Å². The second-order valence-electron chi connectivity index (χ2n) is 5.46. The summed E-state index contributed by atoms with van der Waals surface area (Å²) < 4.78 is 0. The van der Waals surface area contributed by atoms with Gasteiger partial charge >= 0.3 is 0 Å². The van der Waals surface area contributed by atoms with E-state index in [0.29, 0.717) is 11.0 Å². The summed E-state index contributed by atoms with van der Waals surface area (Å²) in [6.07, 6.45) is 3.23. The molecule has 3 nitrogen and oxygen atoms in total. The molecule has 0 aliphatic heterocycles. The fraction of sp³-hybridized carbons (Fsp3) is 0.375. The first-order chi connectivity index (χ1) is 9.65. The number of aromatic nitrogens is 1. The number of thiocarbonyl (C=S) groups is 1. The van der Waals surface area contributed by atoms with Gasteiger partial charge in [-0.2, -0.15) is 0 Å². The Morgan fingerprint density at radius 2 is 2.15 bits per heavy atom. The minimum atomic E-state index is 0.578. The number of anilines is 1. The molecule has 1 saturated carbocycles. The zero-order valence-electron chi connectivity index (χ0n) is 11.7. The van der Waals surface area contributed by atoms with E-state index < -0.39 is 0 Å². The monoisotopic (exact) mass is 285 g/mol. The van der Waals surface area contributed by atoms with Crippen LogP contribution >= 0.6 is 12.2 Å². The van der Waals surface area contributed by atoms with Gasteiger partial charge in [-0.1, -0.05) is 30.4 Å². The highest BCUT2D eigenvalue weighted by Gasteiger charge is 2.30. The molecule has 0 bridgehead atoms. The molecule has 0 atom stereocenters. The van der Waals surface area contributed by atoms with Crippen LogP contribution in [0, 0.1) is 6.92 Å². The molecule has 0 unspecified atom stereocenters. The van der Waals surface area contributed by atoms with Crippen molar-refractivity contribution in [3.63, 3.8) is 0 Å². The third kappa shape index (κ3) is 2.75. The smallest absolute Gasteiger partial charge is 0.132 e. The molecule has 1 aliphatic carbocycles. The number of para-hydroxylation sites is 1. The van der Waals surface area contributed by atoms with Crippen LogP contribution in [0.2, 0.25) is 0 Å². The summed E-state index contributed by atoms with van der Waals surface area (Å²) in [5.41, 5.74) is 7.92. The molecule has 1 aromatic carbocycles. The van der Waals surface area contributed by atoms with E-state index in [-0.39, 0.29) is 0 Å². The maximum Gasteiger partial charge on any atom is 0.132 e. The number of pyridine rings is 1. The molecule has 0 radical (unpaired) electrons. The molecule has 1 aliphatic rings. The molecule has 0 spiro atoms. The van der Waals surface area contributed by atoms with Gasteiger partial charge in [-0.3, -0.25) is 0 Å². The van der Waals surface area contributed by atoms with Gasteiger partial charge in [0, 0.05) is 24.4 Å². The van der Waals surface area contributed by atoms with Crippen LogP contribution in [0.15, 0.2) is 30.3 Å². The van der Waals surface area contributed by atoms with Crippen LogP contribution in [0.5, 0.6) is 0 Å². The van der Waals surface area contributed by atoms with Crippen molar-refractivity contribution in [2.24, 2.45) is 5.73 Å². The van der Waals surface area contributed by atoms with Crippen LogP contribution < -0.4 is 10.6 Å². The zero-order chi connectivity index (χ0) is 14.1. The summed E-state index contributed by atoms with van der Waals surface area (Å²) in [6, 6.07) is 11.1. The van der Waals surface area contributed by atoms with Gasteiger partial charge in [0.15, 0.2) is 0 Å². The number of rotatable bonds is 5. The number of nitrogens with zero attached hydrogens (tertiary/aromatic N) is 2. The summed E-state index contributed by atoms with van der Waals surface area (Å²) in [6.45, 7) is 3.00. The first-order valence-corrected chi connectivity index (χ1v) is 7.47. The van der Waals surface area contributed by atoms with Gasteiger partial charge in [0.25, 0.3) is 0 Å². The van der Waals surface area contributed by atoms with Crippen LogP contribution in [0.4, 0.5) is 5.82 Å². The molecule has 0 amide bonds. The van der Waals surface area contributed by atoms with Crippen molar-refractivity contribution < 1.29 is 0 Å². The van der Waals surface area contributed by atoms with Crippen LogP contribution in [-0.4, -0.2) is 22.6 Å². The molecule has 104 valence electrons. The minimum absolute atomic E-state index is 0.578. The lowest BCUT2D eigenvalue weighted by atomic mass is 10.1. The van der Waals surface area contributed by atoms with Crippen molar-refractivity contribution in [1.29, 1.82) is 0 Å². The Hall–Kier alpha value is -1.68. The number of nitrogens with two attached hydrogens (primary N) is 1. The lowest BCUT2D eigenvalue weighted by Crippen LogP contribution is -2.31. The van der Waals surface area contributed by atoms with E-state index in [9.17, 15) is 0 Å². The SMILES string of the molecule is Cc1cc2ccccc2nc1N(CCC(N)=S)C1CC1. The summed E-state index contributed by atoms with van der Waals surface area (Å²) in [5, 5.41) is 1.19. The Kier molecular flexibility index (Phi) is 3.57. The molecule has 2 aromatic rings. The fourth-order valence-electron chi connectivity index (χ4n) is 2.58. The highest BCUT2D eigenvalue weighted by atomic mass is 32.1. The second kappa shape index (κ2) is 5.37. The lowest BCUT2D eigenvalue weighted by Gasteiger charge is -2.25. The number of hydrogen-bond donors (Lipinski definition) is 1. The van der Waals surface area contributed by atoms with E-state index in [1.165, 1.54) is 23.8 Å². The molecule has 4 heteroatoms. The van der Waals surface area contributed by atoms with Gasteiger partial charge in [0.05, 0.1) is 10.5 Å². The average molecular weight is 285 g/mol. The topological polar surface area (TPSA) is 42.2 Å². The molecular weight excluding hydrogens is 266 g/mol. The summed E-state index contributed by atoms with van der Waals surface area (Å²) in [7, 11) is 0. The zero-order valence-corrected chi connectivity index (χ0v) is 12.5. The van der Waals surface area contributed by atoms with Gasteiger partial charge < -0.3 is 10.6 Å². The van der Waals surface area contributed by atoms with E-state index in [4.69, 9.17) is 22.9 Å². The molecule has 1 fully saturated rings. The van der Waals surface area contributed by atoms with E-state index in [1.807, 2.05) is 6.07 Å². The maximum absolute atomic E-state index is 5.65. The Morgan fingerprint density at radius 1 is 1.40 bits per heavy atom. The summed E-state index contributed by atoms with van der Waals surface area (Å²) in [5.74, 6) is 1.09. The van der Waals surface area contributed by atoms with Crippen molar-refractivity contribution in [3.05, 3.63) is 35.9 Å². The first kappa shape index (κ1) is 13.3. The molecule has 20 heavy (non-hydrogen) atoms. The fourth-order valence-corrected chi connectivity index (χ4v) is 2.67. The molecule has 2 N–H and O–H groups in total. The minimum Gasteiger partial charge on any atom is -0.393 e. The van der Waals surface area contributed by atoms with Crippen molar-refractivity contribution in [2.75, 3.05) is 11.4 Å². The number of benzene rings is 1. The number of fused-ring (bicyclic) bond motifs is 1. The largest absolute Gasteiger partial charge is 0.393 e. The number of aryl methyl sites for hydroxylation is 1. The molecular formula is C16H19N3S. The van der Waals surface area contributed by atoms with Crippen LogP contribution in [0.3, 0.4) is 0 Å². The Labute approximate surface area is 124 Å². The Morgan fingerprint density at radius 3 is 2.85 bits per heavy atom. The van der Waals surface area contributed by atoms with Gasteiger partial charge in [0.1, 0.15) is 5.82 Å². The van der Waals surface area contributed by atoms with Crippen LogP contribution in [0.25, 0.3) is 10.9 Å². The van der Waals surface area contributed by atoms with Crippen molar-refractivity contribution >= 4 is 33.9 Å². The lowest BCUT2D eigenvalue weighted by molar-refractivity contribution is 0.784. The predicted molar refractivity (Wildman–Crippen MR) is 88.3 cm³/mol. The van der Waals surface area contributed by atoms with E-state index in [0.717, 1.165) is 24.3 Å². The summed E-state index contributed by atoms with van der Waals surface area (Å²) >= 11 is 5.01. The Bertz CT molecular complexity index is 649. The highest BCUT2D eigenvalue weighted by Crippen LogP contribution is 2.33. The predicted octanol–water partition coefficient (Wildman–Crippen LogP) is 3.19. The maximum atomic E-state index is 5.65. The molecule has 0 saturated heterocycles. The van der Waals surface area contributed by atoms with Crippen molar-refractivity contribution in [3.8, 4) is 0 Å². The van der Waals surface area contributed by atoms with Crippen molar-refractivity contribution in [2.45, 2.75) is 32.2 Å². The van der Waals surface area contributed by atoms with E-state index >= 15 is 0 Å². The van der Waals surface area contributed by atoms with Gasteiger partial charge in [-0.25, -0.2) is 4.98 Å². The molecule has 3 rings (SSSR count). The van der Waals surface area contributed by atoms with Crippen LogP contribution in [0.1, 0.15) is 24.8 Å². The third-order valence-electron chi connectivity index (χ3n) is 3.75. The van der Waals surface area contributed by atoms with Gasteiger partial charge in [-0.15, -0.1) is 0 Å². The highest BCUT2D eigenvalue weighted by molar-refractivity contribution is 7.80. The normalized spacial score (nSPS) is 14.4.